The first-order chi connectivity index (χ1) is 7.22. The molecule has 0 aliphatic carbocycles. The summed E-state index contributed by atoms with van der Waals surface area (Å²) in [5.74, 6) is 0. The molecule has 0 atom stereocenters. The lowest BCUT2D eigenvalue weighted by Crippen LogP contribution is -2.25. The number of hydrogen-bond acceptors (Lipinski definition) is 3. The van der Waals surface area contributed by atoms with Crippen molar-refractivity contribution in [3.05, 3.63) is 42.2 Å². The van der Waals surface area contributed by atoms with E-state index in [0.29, 0.717) is 6.54 Å². The Kier molecular flexibility index (Phi) is 5.01. The maximum absolute atomic E-state index is 5.49. The number of likely N-dealkylation sites (N-methyl/N-ethyl adjacent to an activating group) is 1. The zero-order chi connectivity index (χ0) is 11.1. The van der Waals surface area contributed by atoms with Crippen LogP contribution in [0.3, 0.4) is 0 Å². The minimum atomic E-state index is 0.563. The van der Waals surface area contributed by atoms with Gasteiger partial charge in [0.25, 0.3) is 0 Å². The smallest absolute Gasteiger partial charge is 0.0416 e. The van der Waals surface area contributed by atoms with E-state index in [1.807, 2.05) is 24.4 Å². The fraction of sp³-hybridized carbons (Fsp3) is 0.417. The molecule has 82 valence electrons. The Labute approximate surface area is 91.6 Å². The highest BCUT2D eigenvalue weighted by molar-refractivity contribution is 5.04. The van der Waals surface area contributed by atoms with E-state index < -0.39 is 0 Å². The van der Waals surface area contributed by atoms with Crippen molar-refractivity contribution in [3.8, 4) is 0 Å². The Morgan fingerprint density at radius 1 is 1.53 bits per heavy atom. The Bertz CT molecular complexity index is 295. The second-order valence-corrected chi connectivity index (χ2v) is 3.76. The molecule has 0 aliphatic rings. The highest BCUT2D eigenvalue weighted by Gasteiger charge is 2.01. The monoisotopic (exact) mass is 205 g/mol. The van der Waals surface area contributed by atoms with Crippen LogP contribution in [0.2, 0.25) is 0 Å². The minimum absolute atomic E-state index is 0.563. The van der Waals surface area contributed by atoms with E-state index in [1.54, 1.807) is 0 Å². The zero-order valence-corrected chi connectivity index (χ0v) is 9.32. The number of nitrogens with zero attached hydrogens (tertiary/aromatic N) is 2. The molecule has 0 radical (unpaired) electrons. The molecule has 3 nitrogen and oxygen atoms in total. The maximum atomic E-state index is 5.49. The molecule has 3 heteroatoms. The first-order valence-corrected chi connectivity index (χ1v) is 5.17. The topological polar surface area (TPSA) is 42.1 Å². The predicted octanol–water partition coefficient (Wildman–Crippen LogP) is 1.07. The molecule has 1 rings (SSSR count). The summed E-state index contributed by atoms with van der Waals surface area (Å²) >= 11 is 0. The Morgan fingerprint density at radius 2 is 2.33 bits per heavy atom. The van der Waals surface area contributed by atoms with Crippen LogP contribution >= 0.6 is 0 Å². The maximum Gasteiger partial charge on any atom is 0.0416 e. The van der Waals surface area contributed by atoms with Crippen LogP contribution < -0.4 is 5.73 Å². The molecule has 0 amide bonds. The third kappa shape index (κ3) is 4.72. The van der Waals surface area contributed by atoms with E-state index in [9.17, 15) is 0 Å². The van der Waals surface area contributed by atoms with Gasteiger partial charge in [-0.3, -0.25) is 4.98 Å². The molecule has 0 bridgehead atoms. The van der Waals surface area contributed by atoms with Gasteiger partial charge in [-0.15, -0.1) is 0 Å². The number of nitrogens with two attached hydrogens (primary N) is 1. The van der Waals surface area contributed by atoms with Crippen molar-refractivity contribution >= 4 is 0 Å². The summed E-state index contributed by atoms with van der Waals surface area (Å²) in [7, 11) is 2.07. The molecular weight excluding hydrogens is 186 g/mol. The fourth-order valence-corrected chi connectivity index (χ4v) is 1.38. The summed E-state index contributed by atoms with van der Waals surface area (Å²) in [6.07, 6.45) is 2.79. The summed E-state index contributed by atoms with van der Waals surface area (Å²) in [6.45, 7) is 6.30. The van der Waals surface area contributed by atoms with Crippen molar-refractivity contribution in [1.29, 1.82) is 0 Å². The van der Waals surface area contributed by atoms with E-state index in [1.165, 1.54) is 0 Å². The summed E-state index contributed by atoms with van der Waals surface area (Å²) in [5.41, 5.74) is 7.68. The number of pyridine rings is 1. The van der Waals surface area contributed by atoms with Gasteiger partial charge in [0.05, 0.1) is 0 Å². The zero-order valence-electron chi connectivity index (χ0n) is 9.32. The summed E-state index contributed by atoms with van der Waals surface area (Å²) < 4.78 is 0. The van der Waals surface area contributed by atoms with Crippen molar-refractivity contribution in [1.82, 2.24) is 9.88 Å². The van der Waals surface area contributed by atoms with Crippen molar-refractivity contribution in [2.24, 2.45) is 5.73 Å². The van der Waals surface area contributed by atoms with Crippen LogP contribution in [0.15, 0.2) is 36.5 Å². The highest BCUT2D eigenvalue weighted by Crippen LogP contribution is 1.98. The molecule has 1 aromatic heterocycles. The lowest BCUT2D eigenvalue weighted by Gasteiger charge is -2.16. The second-order valence-electron chi connectivity index (χ2n) is 3.76. The van der Waals surface area contributed by atoms with E-state index in [-0.39, 0.29) is 0 Å². The lowest BCUT2D eigenvalue weighted by atomic mass is 10.2. The largest absolute Gasteiger partial charge is 0.327 e. The van der Waals surface area contributed by atoms with Crippen molar-refractivity contribution in [3.63, 3.8) is 0 Å². The average Bonchev–Trinajstić information content (AvgIpc) is 2.27. The van der Waals surface area contributed by atoms with Crippen LogP contribution in [0.5, 0.6) is 0 Å². The average molecular weight is 205 g/mol. The SMILES string of the molecule is C=C(CN)CN(C)CCc1ccccn1. The molecule has 1 heterocycles. The van der Waals surface area contributed by atoms with Crippen molar-refractivity contribution in [2.45, 2.75) is 6.42 Å². The molecule has 0 aliphatic heterocycles. The van der Waals surface area contributed by atoms with E-state index in [0.717, 1.165) is 30.8 Å². The van der Waals surface area contributed by atoms with Crippen molar-refractivity contribution < 1.29 is 0 Å². The van der Waals surface area contributed by atoms with Crippen LogP contribution in [-0.2, 0) is 6.42 Å². The molecule has 0 fully saturated rings. The number of rotatable bonds is 6. The molecule has 15 heavy (non-hydrogen) atoms. The first-order valence-electron chi connectivity index (χ1n) is 5.17. The lowest BCUT2D eigenvalue weighted by molar-refractivity contribution is 0.364. The highest BCUT2D eigenvalue weighted by atomic mass is 15.1. The van der Waals surface area contributed by atoms with Crippen LogP contribution in [0.25, 0.3) is 0 Å². The van der Waals surface area contributed by atoms with E-state index >= 15 is 0 Å². The van der Waals surface area contributed by atoms with Crippen LogP contribution in [-0.4, -0.2) is 36.6 Å². The van der Waals surface area contributed by atoms with Gasteiger partial charge in [-0.2, -0.15) is 0 Å². The summed E-state index contributed by atoms with van der Waals surface area (Å²) in [4.78, 5) is 6.49. The van der Waals surface area contributed by atoms with Crippen molar-refractivity contribution in [2.75, 3.05) is 26.7 Å². The summed E-state index contributed by atoms with van der Waals surface area (Å²) in [6, 6.07) is 6.00. The second kappa shape index (κ2) is 6.32. The van der Waals surface area contributed by atoms with Crippen LogP contribution in [0, 0.1) is 0 Å². The third-order valence-electron chi connectivity index (χ3n) is 2.26. The molecule has 2 N–H and O–H groups in total. The van der Waals surface area contributed by atoms with Gasteiger partial charge in [-0.25, -0.2) is 0 Å². The van der Waals surface area contributed by atoms with Gasteiger partial charge in [0.15, 0.2) is 0 Å². The molecule has 1 aromatic rings. The predicted molar refractivity (Wildman–Crippen MR) is 63.6 cm³/mol. The molecule has 0 saturated heterocycles. The Morgan fingerprint density at radius 3 is 2.93 bits per heavy atom. The molecule has 0 aromatic carbocycles. The van der Waals surface area contributed by atoms with Crippen LogP contribution in [0.4, 0.5) is 0 Å². The van der Waals surface area contributed by atoms with Gasteiger partial charge in [0.1, 0.15) is 0 Å². The normalized spacial score (nSPS) is 10.6. The molecule has 0 spiro atoms. The molecular formula is C12H19N3. The van der Waals surface area contributed by atoms with Crippen LogP contribution in [0.1, 0.15) is 5.69 Å². The van der Waals surface area contributed by atoms with Gasteiger partial charge < -0.3 is 10.6 Å². The molecule has 0 saturated carbocycles. The van der Waals surface area contributed by atoms with E-state index in [4.69, 9.17) is 5.73 Å². The first kappa shape index (κ1) is 11.9. The quantitative estimate of drug-likeness (QED) is 0.706. The number of aromatic nitrogens is 1. The summed E-state index contributed by atoms with van der Waals surface area (Å²) in [5, 5.41) is 0. The third-order valence-corrected chi connectivity index (χ3v) is 2.26. The Balaban J connectivity index is 2.28. The number of hydrogen-bond donors (Lipinski definition) is 1. The molecule has 0 unspecified atom stereocenters. The fourth-order valence-electron chi connectivity index (χ4n) is 1.38. The van der Waals surface area contributed by atoms with Gasteiger partial charge in [0, 0.05) is 37.9 Å². The van der Waals surface area contributed by atoms with Gasteiger partial charge in [0.2, 0.25) is 0 Å². The van der Waals surface area contributed by atoms with Gasteiger partial charge >= 0.3 is 0 Å². The van der Waals surface area contributed by atoms with E-state index in [2.05, 4.69) is 23.5 Å². The standard InChI is InChI=1S/C12H19N3/c1-11(9-13)10-15(2)8-6-12-5-3-4-7-14-12/h3-5,7H,1,6,8-10,13H2,2H3. The Hall–Kier alpha value is -1.19. The van der Waals surface area contributed by atoms with Gasteiger partial charge in [-0.1, -0.05) is 12.6 Å². The minimum Gasteiger partial charge on any atom is -0.327 e. The van der Waals surface area contributed by atoms with Gasteiger partial charge in [-0.05, 0) is 24.8 Å².